The number of aromatic nitrogens is 3. The number of benzene rings is 2. The smallest absolute Gasteiger partial charge is 0.148 e. The maximum atomic E-state index is 4.80. The van der Waals surface area contributed by atoms with Crippen molar-refractivity contribution < 1.29 is 0 Å². The molecule has 0 saturated carbocycles. The molecule has 0 spiro atoms. The number of imidazole rings is 1. The first-order valence-electron chi connectivity index (χ1n) is 7.52. The molecule has 3 aromatic heterocycles. The lowest BCUT2D eigenvalue weighted by molar-refractivity contribution is 1.36. The van der Waals surface area contributed by atoms with E-state index in [0.29, 0.717) is 0 Å². The Kier molecular flexibility index (Phi) is 2.58. The van der Waals surface area contributed by atoms with Gasteiger partial charge in [0.05, 0.1) is 21.4 Å². The Morgan fingerprint density at radius 3 is 2.70 bits per heavy atom. The van der Waals surface area contributed by atoms with E-state index in [9.17, 15) is 0 Å². The summed E-state index contributed by atoms with van der Waals surface area (Å²) < 4.78 is 0. The highest BCUT2D eigenvalue weighted by Crippen LogP contribution is 2.33. The Hall–Kier alpha value is -2.72. The third kappa shape index (κ3) is 2.03. The zero-order valence-corrected chi connectivity index (χ0v) is 13.3. The number of pyridine rings is 1. The second-order valence-electron chi connectivity index (χ2n) is 5.79. The summed E-state index contributed by atoms with van der Waals surface area (Å²) in [7, 11) is 0. The molecule has 5 aromatic rings. The van der Waals surface area contributed by atoms with E-state index in [4.69, 9.17) is 4.98 Å². The third-order valence-electron chi connectivity index (χ3n) is 4.08. The van der Waals surface area contributed by atoms with Crippen LogP contribution in [0.1, 0.15) is 5.56 Å². The Bertz CT molecular complexity index is 1150. The van der Waals surface area contributed by atoms with Gasteiger partial charge >= 0.3 is 0 Å². The highest BCUT2D eigenvalue weighted by atomic mass is 32.1. The lowest BCUT2D eigenvalue weighted by atomic mass is 10.1. The van der Waals surface area contributed by atoms with Crippen LogP contribution in [0.15, 0.2) is 54.6 Å². The largest absolute Gasteiger partial charge is 0.337 e. The molecule has 0 saturated heterocycles. The van der Waals surface area contributed by atoms with Gasteiger partial charge in [-0.3, -0.25) is 0 Å². The van der Waals surface area contributed by atoms with Gasteiger partial charge in [-0.2, -0.15) is 0 Å². The SMILES string of the molecule is Cc1ccc2nc3sc(-c4nc5ccccc5[nH]4)cc3cc2c1. The van der Waals surface area contributed by atoms with Crippen LogP contribution in [0.4, 0.5) is 0 Å². The predicted octanol–water partition coefficient (Wildman–Crippen LogP) is 5.30. The average molecular weight is 315 g/mol. The Morgan fingerprint density at radius 1 is 0.870 bits per heavy atom. The average Bonchev–Trinajstić information content (AvgIpc) is 3.15. The molecule has 0 amide bonds. The monoisotopic (exact) mass is 315 g/mol. The van der Waals surface area contributed by atoms with E-state index in [-0.39, 0.29) is 0 Å². The van der Waals surface area contributed by atoms with Crippen LogP contribution < -0.4 is 0 Å². The summed E-state index contributed by atoms with van der Waals surface area (Å²) in [6.07, 6.45) is 0. The minimum atomic E-state index is 0.912. The first kappa shape index (κ1) is 12.8. The van der Waals surface area contributed by atoms with Gasteiger partial charge in [0.1, 0.15) is 10.7 Å². The highest BCUT2D eigenvalue weighted by molar-refractivity contribution is 7.21. The molecular weight excluding hydrogens is 302 g/mol. The Balaban J connectivity index is 1.73. The molecule has 0 atom stereocenters. The summed E-state index contributed by atoms with van der Waals surface area (Å²) in [5, 5.41) is 2.36. The molecule has 0 aliphatic carbocycles. The molecule has 0 radical (unpaired) electrons. The number of rotatable bonds is 1. The molecule has 0 fully saturated rings. The number of nitrogens with one attached hydrogen (secondary N) is 1. The van der Waals surface area contributed by atoms with E-state index < -0.39 is 0 Å². The van der Waals surface area contributed by atoms with E-state index in [1.54, 1.807) is 11.3 Å². The van der Waals surface area contributed by atoms with Crippen molar-refractivity contribution in [3.63, 3.8) is 0 Å². The maximum absolute atomic E-state index is 4.80. The van der Waals surface area contributed by atoms with Gasteiger partial charge in [-0.1, -0.05) is 23.8 Å². The Morgan fingerprint density at radius 2 is 1.78 bits per heavy atom. The van der Waals surface area contributed by atoms with Crippen molar-refractivity contribution in [3.8, 4) is 10.7 Å². The summed E-state index contributed by atoms with van der Waals surface area (Å²) in [5.41, 5.74) is 4.36. The molecule has 3 heterocycles. The molecule has 23 heavy (non-hydrogen) atoms. The molecular formula is C19H13N3S. The maximum Gasteiger partial charge on any atom is 0.148 e. The van der Waals surface area contributed by atoms with Crippen LogP contribution in [0, 0.1) is 6.92 Å². The quantitative estimate of drug-likeness (QED) is 0.456. The standard InChI is InChI=1S/C19H13N3S/c1-11-6-7-14-12(8-11)9-13-10-17(23-19(13)22-14)18-20-15-4-2-3-5-16(15)21-18/h2-10H,1H3,(H,20,21). The zero-order chi connectivity index (χ0) is 15.4. The van der Waals surface area contributed by atoms with Crippen LogP contribution in [0.3, 0.4) is 0 Å². The summed E-state index contributed by atoms with van der Waals surface area (Å²) in [4.78, 5) is 15.1. The fourth-order valence-electron chi connectivity index (χ4n) is 2.94. The van der Waals surface area contributed by atoms with Crippen LogP contribution in [0.25, 0.3) is 42.9 Å². The number of hydrogen-bond donors (Lipinski definition) is 1. The molecule has 110 valence electrons. The molecule has 2 aromatic carbocycles. The molecule has 5 rings (SSSR count). The van der Waals surface area contributed by atoms with Gasteiger partial charge in [-0.15, -0.1) is 11.3 Å². The van der Waals surface area contributed by atoms with Crippen LogP contribution in [0.2, 0.25) is 0 Å². The fourth-order valence-corrected chi connectivity index (χ4v) is 3.91. The van der Waals surface area contributed by atoms with Crippen LogP contribution in [-0.2, 0) is 0 Å². The molecule has 0 aliphatic heterocycles. The van der Waals surface area contributed by atoms with E-state index in [1.165, 1.54) is 16.3 Å². The van der Waals surface area contributed by atoms with Gasteiger partial charge in [0.15, 0.2) is 0 Å². The van der Waals surface area contributed by atoms with Crippen molar-refractivity contribution in [1.29, 1.82) is 0 Å². The van der Waals surface area contributed by atoms with Crippen molar-refractivity contribution in [2.45, 2.75) is 6.92 Å². The molecule has 0 unspecified atom stereocenters. The van der Waals surface area contributed by atoms with Crippen molar-refractivity contribution >= 4 is 43.5 Å². The second-order valence-corrected chi connectivity index (χ2v) is 6.82. The van der Waals surface area contributed by atoms with E-state index in [2.05, 4.69) is 53.3 Å². The molecule has 3 nitrogen and oxygen atoms in total. The first-order valence-corrected chi connectivity index (χ1v) is 8.34. The number of aromatic amines is 1. The number of para-hydroxylation sites is 2. The molecule has 1 N–H and O–H groups in total. The van der Waals surface area contributed by atoms with E-state index in [1.807, 2.05) is 18.2 Å². The van der Waals surface area contributed by atoms with E-state index >= 15 is 0 Å². The van der Waals surface area contributed by atoms with Crippen molar-refractivity contribution in [3.05, 3.63) is 60.2 Å². The normalized spacial score (nSPS) is 11.7. The topological polar surface area (TPSA) is 41.6 Å². The van der Waals surface area contributed by atoms with Crippen LogP contribution in [0.5, 0.6) is 0 Å². The van der Waals surface area contributed by atoms with Crippen LogP contribution >= 0.6 is 11.3 Å². The van der Waals surface area contributed by atoms with Crippen molar-refractivity contribution in [2.75, 3.05) is 0 Å². The van der Waals surface area contributed by atoms with Crippen LogP contribution in [-0.4, -0.2) is 15.0 Å². The van der Waals surface area contributed by atoms with E-state index in [0.717, 1.165) is 32.1 Å². The number of nitrogens with zero attached hydrogens (tertiary/aromatic N) is 2. The van der Waals surface area contributed by atoms with Gasteiger partial charge in [-0.25, -0.2) is 9.97 Å². The summed E-state index contributed by atoms with van der Waals surface area (Å²) in [6, 6.07) is 18.9. The third-order valence-corrected chi connectivity index (χ3v) is 5.13. The number of H-pyrrole nitrogens is 1. The number of fused-ring (bicyclic) bond motifs is 3. The summed E-state index contributed by atoms with van der Waals surface area (Å²) >= 11 is 1.68. The molecule has 0 aliphatic rings. The zero-order valence-electron chi connectivity index (χ0n) is 12.5. The van der Waals surface area contributed by atoms with Gasteiger partial charge in [-0.05, 0) is 43.3 Å². The first-order chi connectivity index (χ1) is 11.3. The predicted molar refractivity (Wildman–Crippen MR) is 97.0 cm³/mol. The number of aryl methyl sites for hydroxylation is 1. The highest BCUT2D eigenvalue weighted by Gasteiger charge is 2.10. The lowest BCUT2D eigenvalue weighted by Crippen LogP contribution is -1.79. The summed E-state index contributed by atoms with van der Waals surface area (Å²) in [6.45, 7) is 2.11. The Labute approximate surface area is 136 Å². The fraction of sp³-hybridized carbons (Fsp3) is 0.0526. The number of hydrogen-bond acceptors (Lipinski definition) is 3. The molecule has 0 bridgehead atoms. The van der Waals surface area contributed by atoms with Gasteiger partial charge in [0.2, 0.25) is 0 Å². The minimum Gasteiger partial charge on any atom is -0.337 e. The number of thiophene rings is 1. The van der Waals surface area contributed by atoms with Crippen molar-refractivity contribution in [1.82, 2.24) is 15.0 Å². The van der Waals surface area contributed by atoms with Gasteiger partial charge < -0.3 is 4.98 Å². The summed E-state index contributed by atoms with van der Waals surface area (Å²) in [5.74, 6) is 0.912. The second kappa shape index (κ2) is 4.64. The minimum absolute atomic E-state index is 0.912. The van der Waals surface area contributed by atoms with Crippen molar-refractivity contribution in [2.24, 2.45) is 0 Å². The lowest BCUT2D eigenvalue weighted by Gasteiger charge is -1.98. The molecule has 4 heteroatoms. The van der Waals surface area contributed by atoms with Gasteiger partial charge in [0.25, 0.3) is 0 Å². The van der Waals surface area contributed by atoms with Gasteiger partial charge in [0, 0.05) is 10.8 Å².